The van der Waals surface area contributed by atoms with Gasteiger partial charge in [-0.15, -0.1) is 6.58 Å². The minimum Gasteiger partial charge on any atom is -0.321 e. The molecule has 0 saturated carbocycles. The van der Waals surface area contributed by atoms with Gasteiger partial charge in [0.2, 0.25) is 0 Å². The lowest BCUT2D eigenvalue weighted by Gasteiger charge is -2.13. The molecule has 0 fully saturated rings. The Kier molecular flexibility index (Phi) is 3.70. The number of hydrogen-bond donors (Lipinski definition) is 1. The third-order valence-corrected chi connectivity index (χ3v) is 2.21. The van der Waals surface area contributed by atoms with Crippen LogP contribution in [0.5, 0.6) is 0 Å². The number of alkyl halides is 3. The molecular weight excluding hydrogens is 256 g/mol. The third-order valence-electron chi connectivity index (χ3n) is 2.21. The highest BCUT2D eigenvalue weighted by atomic mass is 19.4. The van der Waals surface area contributed by atoms with Crippen LogP contribution in [0.2, 0.25) is 0 Å². The number of benzene rings is 1. The average molecular weight is 264 g/mol. The molecule has 1 aromatic carbocycles. The van der Waals surface area contributed by atoms with E-state index in [1.807, 2.05) is 0 Å². The van der Waals surface area contributed by atoms with Crippen molar-refractivity contribution in [1.29, 1.82) is 0 Å². The molecule has 1 aromatic rings. The van der Waals surface area contributed by atoms with Crippen molar-refractivity contribution in [3.8, 4) is 0 Å². The summed E-state index contributed by atoms with van der Waals surface area (Å²) in [4.78, 5) is 9.46. The van der Waals surface area contributed by atoms with E-state index in [9.17, 15) is 27.7 Å². The minimum absolute atomic E-state index is 0.134. The second kappa shape index (κ2) is 4.73. The predicted molar refractivity (Wildman–Crippen MR) is 55.2 cm³/mol. The fourth-order valence-electron chi connectivity index (χ4n) is 1.31. The quantitative estimate of drug-likeness (QED) is 0.395. The van der Waals surface area contributed by atoms with Crippen molar-refractivity contribution in [3.05, 3.63) is 51.8 Å². The highest BCUT2D eigenvalue weighted by molar-refractivity contribution is 5.43. The fraction of sp³-hybridized carbons (Fsp3) is 0.200. The zero-order valence-electron chi connectivity index (χ0n) is 8.87. The Bertz CT molecular complexity index is 499. The standard InChI is InChI=1S/C10H8F4N2O2/c1-2-8(15)6-3-5(16(17)18)4-7(9(6)11)10(12,13)14/h2-4,8H,1,15H2/t8-/m1/s1. The zero-order chi connectivity index (χ0) is 14.1. The second-order valence-electron chi connectivity index (χ2n) is 3.41. The van der Waals surface area contributed by atoms with Gasteiger partial charge < -0.3 is 5.73 Å². The Morgan fingerprint density at radius 1 is 1.44 bits per heavy atom. The molecular formula is C10H8F4N2O2. The minimum atomic E-state index is -5.04. The number of nitro benzene ring substituents is 1. The van der Waals surface area contributed by atoms with Crippen molar-refractivity contribution in [3.63, 3.8) is 0 Å². The van der Waals surface area contributed by atoms with E-state index in [1.165, 1.54) is 0 Å². The molecule has 0 heterocycles. The summed E-state index contributed by atoms with van der Waals surface area (Å²) in [6.45, 7) is 3.20. The van der Waals surface area contributed by atoms with E-state index < -0.39 is 39.8 Å². The second-order valence-corrected chi connectivity index (χ2v) is 3.41. The number of nitro groups is 1. The largest absolute Gasteiger partial charge is 0.419 e. The van der Waals surface area contributed by atoms with Gasteiger partial charge in [-0.2, -0.15) is 13.2 Å². The fourth-order valence-corrected chi connectivity index (χ4v) is 1.31. The van der Waals surface area contributed by atoms with Crippen LogP contribution in [0.4, 0.5) is 23.2 Å². The molecule has 0 radical (unpaired) electrons. The lowest BCUT2D eigenvalue weighted by molar-refractivity contribution is -0.385. The van der Waals surface area contributed by atoms with Crippen molar-refractivity contribution in [2.45, 2.75) is 12.2 Å². The smallest absolute Gasteiger partial charge is 0.321 e. The summed E-state index contributed by atoms with van der Waals surface area (Å²) in [5, 5.41) is 10.5. The van der Waals surface area contributed by atoms with Crippen molar-refractivity contribution in [2.24, 2.45) is 5.73 Å². The molecule has 0 amide bonds. The lowest BCUT2D eigenvalue weighted by Crippen LogP contribution is -2.15. The van der Waals surface area contributed by atoms with Crippen molar-refractivity contribution < 1.29 is 22.5 Å². The Labute approximate surface area is 98.9 Å². The van der Waals surface area contributed by atoms with Crippen LogP contribution in [-0.2, 0) is 6.18 Å². The number of nitrogens with two attached hydrogens (primary N) is 1. The van der Waals surface area contributed by atoms with Crippen molar-refractivity contribution >= 4 is 5.69 Å². The summed E-state index contributed by atoms with van der Waals surface area (Å²) in [7, 11) is 0. The normalized spacial score (nSPS) is 13.2. The van der Waals surface area contributed by atoms with E-state index >= 15 is 0 Å². The molecule has 18 heavy (non-hydrogen) atoms. The van der Waals surface area contributed by atoms with Crippen LogP contribution in [0.3, 0.4) is 0 Å². The maximum absolute atomic E-state index is 13.6. The highest BCUT2D eigenvalue weighted by Crippen LogP contribution is 2.36. The van der Waals surface area contributed by atoms with E-state index in [1.54, 1.807) is 0 Å². The van der Waals surface area contributed by atoms with Crippen LogP contribution < -0.4 is 5.73 Å². The van der Waals surface area contributed by atoms with Gasteiger partial charge in [-0.25, -0.2) is 4.39 Å². The van der Waals surface area contributed by atoms with Crippen LogP contribution in [0.25, 0.3) is 0 Å². The molecule has 0 unspecified atom stereocenters. The highest BCUT2D eigenvalue weighted by Gasteiger charge is 2.37. The number of rotatable bonds is 3. The van der Waals surface area contributed by atoms with Gasteiger partial charge in [0.1, 0.15) is 5.82 Å². The van der Waals surface area contributed by atoms with Gasteiger partial charge in [-0.3, -0.25) is 10.1 Å². The van der Waals surface area contributed by atoms with Crippen LogP contribution in [0, 0.1) is 15.9 Å². The summed E-state index contributed by atoms with van der Waals surface area (Å²) < 4.78 is 51.1. The first-order valence-corrected chi connectivity index (χ1v) is 4.61. The van der Waals surface area contributed by atoms with Gasteiger partial charge in [0.05, 0.1) is 16.5 Å². The molecule has 0 saturated heterocycles. The van der Waals surface area contributed by atoms with Crippen LogP contribution in [0.1, 0.15) is 17.2 Å². The molecule has 0 aliphatic rings. The van der Waals surface area contributed by atoms with Gasteiger partial charge in [-0.05, 0) is 0 Å². The van der Waals surface area contributed by atoms with Gasteiger partial charge in [0.15, 0.2) is 0 Å². The maximum Gasteiger partial charge on any atom is 0.419 e. The van der Waals surface area contributed by atoms with Gasteiger partial charge >= 0.3 is 6.18 Å². The monoisotopic (exact) mass is 264 g/mol. The number of nitrogens with zero attached hydrogens (tertiary/aromatic N) is 1. The molecule has 0 aliphatic carbocycles. The van der Waals surface area contributed by atoms with Crippen LogP contribution >= 0.6 is 0 Å². The van der Waals surface area contributed by atoms with E-state index in [-0.39, 0.29) is 6.07 Å². The molecule has 4 nitrogen and oxygen atoms in total. The topological polar surface area (TPSA) is 69.2 Å². The van der Waals surface area contributed by atoms with Gasteiger partial charge in [0.25, 0.3) is 5.69 Å². The number of hydrogen-bond acceptors (Lipinski definition) is 3. The average Bonchev–Trinajstić information content (AvgIpc) is 2.26. The Morgan fingerprint density at radius 3 is 2.39 bits per heavy atom. The SMILES string of the molecule is C=C[C@@H](N)c1cc([N+](=O)[O-])cc(C(F)(F)F)c1F. The summed E-state index contributed by atoms with van der Waals surface area (Å²) >= 11 is 0. The summed E-state index contributed by atoms with van der Waals surface area (Å²) in [6, 6.07) is -0.461. The van der Waals surface area contributed by atoms with Crippen molar-refractivity contribution in [1.82, 2.24) is 0 Å². The third kappa shape index (κ3) is 2.65. The Hall–Kier alpha value is -1.96. The predicted octanol–water partition coefficient (Wildman–Crippen LogP) is 2.94. The van der Waals surface area contributed by atoms with E-state index in [0.29, 0.717) is 6.07 Å². The van der Waals surface area contributed by atoms with E-state index in [0.717, 1.165) is 6.08 Å². The molecule has 98 valence electrons. The molecule has 2 N–H and O–H groups in total. The Morgan fingerprint density at radius 2 is 2.00 bits per heavy atom. The van der Waals surface area contributed by atoms with E-state index in [4.69, 9.17) is 5.73 Å². The first-order valence-electron chi connectivity index (χ1n) is 4.61. The molecule has 1 atom stereocenters. The Balaban J connectivity index is 3.58. The molecule has 1 rings (SSSR count). The summed E-state index contributed by atoms with van der Waals surface area (Å²) in [6.07, 6.45) is -4.05. The summed E-state index contributed by atoms with van der Waals surface area (Å²) in [5.74, 6) is -1.62. The maximum atomic E-state index is 13.6. The lowest BCUT2D eigenvalue weighted by atomic mass is 10.0. The first-order chi connectivity index (χ1) is 8.18. The van der Waals surface area contributed by atoms with E-state index in [2.05, 4.69) is 6.58 Å². The number of non-ortho nitro benzene ring substituents is 1. The molecule has 0 aliphatic heterocycles. The van der Waals surface area contributed by atoms with Gasteiger partial charge in [-0.1, -0.05) is 6.08 Å². The van der Waals surface area contributed by atoms with Gasteiger partial charge in [0, 0.05) is 17.7 Å². The molecule has 0 spiro atoms. The van der Waals surface area contributed by atoms with Crippen molar-refractivity contribution in [2.75, 3.05) is 0 Å². The van der Waals surface area contributed by atoms with Crippen LogP contribution in [0.15, 0.2) is 24.8 Å². The molecule has 0 bridgehead atoms. The zero-order valence-corrected chi connectivity index (χ0v) is 8.87. The molecule has 8 heteroatoms. The molecule has 0 aromatic heterocycles. The van der Waals surface area contributed by atoms with Crippen LogP contribution in [-0.4, -0.2) is 4.92 Å². The first kappa shape index (κ1) is 14.1. The summed E-state index contributed by atoms with van der Waals surface area (Å²) in [5.41, 5.74) is 2.11. The number of halogens is 4.